The summed E-state index contributed by atoms with van der Waals surface area (Å²) in [5.41, 5.74) is 0.762. The number of aromatic nitrogens is 2. The van der Waals surface area contributed by atoms with Crippen LogP contribution in [0.1, 0.15) is 32.1 Å². The van der Waals surface area contributed by atoms with Crippen LogP contribution >= 0.6 is 15.9 Å². The molecule has 0 amide bonds. The van der Waals surface area contributed by atoms with Crippen molar-refractivity contribution < 1.29 is 22.5 Å². The van der Waals surface area contributed by atoms with E-state index in [0.717, 1.165) is 10.0 Å². The van der Waals surface area contributed by atoms with E-state index in [1.807, 2.05) is 24.3 Å². The fraction of sp³-hybridized carbons (Fsp3) is 0.471. The maximum atomic E-state index is 12.4. The molecule has 3 rings (SSSR count). The fourth-order valence-corrected chi connectivity index (χ4v) is 5.11. The summed E-state index contributed by atoms with van der Waals surface area (Å²) in [6.07, 6.45) is 1.59. The first-order valence-corrected chi connectivity index (χ1v) is 11.1. The van der Waals surface area contributed by atoms with Gasteiger partial charge in [-0.1, -0.05) is 40.1 Å². The third-order valence-corrected chi connectivity index (χ3v) is 6.75. The van der Waals surface area contributed by atoms with Crippen LogP contribution in [-0.2, 0) is 26.2 Å². The lowest BCUT2D eigenvalue weighted by molar-refractivity contribution is -0.149. The molecule has 1 saturated heterocycles. The van der Waals surface area contributed by atoms with Crippen molar-refractivity contribution in [3.63, 3.8) is 0 Å². The smallest absolute Gasteiger partial charge is 0.324 e. The van der Waals surface area contributed by atoms with E-state index < -0.39 is 22.0 Å². The molecule has 1 aliphatic rings. The molecule has 1 aliphatic heterocycles. The SMILES string of the molecule is CCCS(=O)(=O)N1CCCC1C(=O)OCc1nc(-c2cccc(Br)c2)no1. The molecule has 1 fully saturated rings. The van der Waals surface area contributed by atoms with Gasteiger partial charge < -0.3 is 9.26 Å². The molecule has 0 spiro atoms. The van der Waals surface area contributed by atoms with Crippen molar-refractivity contribution >= 4 is 31.9 Å². The molecule has 0 radical (unpaired) electrons. The molecular weight excluding hydrogens is 438 g/mol. The zero-order valence-electron chi connectivity index (χ0n) is 14.8. The molecule has 146 valence electrons. The predicted molar refractivity (Wildman–Crippen MR) is 101 cm³/mol. The van der Waals surface area contributed by atoms with Crippen molar-refractivity contribution in [1.29, 1.82) is 0 Å². The summed E-state index contributed by atoms with van der Waals surface area (Å²) in [5, 5.41) is 3.88. The Hall–Kier alpha value is -1.78. The lowest BCUT2D eigenvalue weighted by Crippen LogP contribution is -2.42. The van der Waals surface area contributed by atoms with Crippen LogP contribution in [0, 0.1) is 0 Å². The van der Waals surface area contributed by atoms with Crippen LogP contribution in [0.4, 0.5) is 0 Å². The molecule has 1 unspecified atom stereocenters. The molecule has 1 aromatic carbocycles. The Morgan fingerprint density at radius 1 is 1.44 bits per heavy atom. The molecule has 27 heavy (non-hydrogen) atoms. The van der Waals surface area contributed by atoms with E-state index in [1.165, 1.54) is 4.31 Å². The van der Waals surface area contributed by atoms with Crippen molar-refractivity contribution in [2.24, 2.45) is 0 Å². The molecule has 8 nitrogen and oxygen atoms in total. The van der Waals surface area contributed by atoms with Crippen LogP contribution in [0.15, 0.2) is 33.3 Å². The normalized spacial score (nSPS) is 17.9. The zero-order chi connectivity index (χ0) is 19.4. The Morgan fingerprint density at radius 2 is 2.26 bits per heavy atom. The zero-order valence-corrected chi connectivity index (χ0v) is 17.2. The summed E-state index contributed by atoms with van der Waals surface area (Å²) in [6, 6.07) is 6.62. The average molecular weight is 458 g/mol. The maximum absolute atomic E-state index is 12.4. The summed E-state index contributed by atoms with van der Waals surface area (Å²) in [5.74, 6) is -0.0276. The van der Waals surface area contributed by atoms with Gasteiger partial charge in [0.2, 0.25) is 15.8 Å². The molecule has 1 aromatic heterocycles. The van der Waals surface area contributed by atoms with E-state index in [9.17, 15) is 13.2 Å². The van der Waals surface area contributed by atoms with Crippen molar-refractivity contribution in [3.05, 3.63) is 34.6 Å². The van der Waals surface area contributed by atoms with Crippen LogP contribution in [0.3, 0.4) is 0 Å². The first kappa shape index (κ1) is 20.0. The van der Waals surface area contributed by atoms with Crippen LogP contribution in [0.25, 0.3) is 11.4 Å². The number of esters is 1. The van der Waals surface area contributed by atoms with E-state index in [-0.39, 0.29) is 18.3 Å². The number of sulfonamides is 1. The van der Waals surface area contributed by atoms with Crippen molar-refractivity contribution in [2.45, 2.75) is 38.8 Å². The first-order chi connectivity index (χ1) is 12.9. The Kier molecular flexibility index (Phi) is 6.28. The van der Waals surface area contributed by atoms with Gasteiger partial charge in [0.1, 0.15) is 6.04 Å². The minimum atomic E-state index is -3.45. The molecule has 0 saturated carbocycles. The molecule has 1 atom stereocenters. The third-order valence-electron chi connectivity index (χ3n) is 4.18. The Bertz CT molecular complexity index is 915. The van der Waals surface area contributed by atoms with Crippen LogP contribution in [0.5, 0.6) is 0 Å². The van der Waals surface area contributed by atoms with Crippen molar-refractivity contribution in [1.82, 2.24) is 14.4 Å². The van der Waals surface area contributed by atoms with Gasteiger partial charge in [0, 0.05) is 16.6 Å². The van der Waals surface area contributed by atoms with Gasteiger partial charge in [-0.3, -0.25) is 4.79 Å². The van der Waals surface area contributed by atoms with Gasteiger partial charge in [-0.15, -0.1) is 0 Å². The molecule has 10 heteroatoms. The lowest BCUT2D eigenvalue weighted by atomic mass is 10.2. The highest BCUT2D eigenvalue weighted by Crippen LogP contribution is 2.24. The molecule has 2 heterocycles. The summed E-state index contributed by atoms with van der Waals surface area (Å²) >= 11 is 3.38. The molecule has 0 aliphatic carbocycles. The van der Waals surface area contributed by atoms with Gasteiger partial charge in [0.05, 0.1) is 5.75 Å². The summed E-state index contributed by atoms with van der Waals surface area (Å²) in [4.78, 5) is 16.6. The number of rotatable bonds is 7. The number of nitrogens with zero attached hydrogens (tertiary/aromatic N) is 3. The highest BCUT2D eigenvalue weighted by Gasteiger charge is 2.39. The summed E-state index contributed by atoms with van der Waals surface area (Å²) in [7, 11) is -3.45. The first-order valence-electron chi connectivity index (χ1n) is 8.65. The van der Waals surface area contributed by atoms with Gasteiger partial charge in [0.15, 0.2) is 6.61 Å². The molecule has 0 N–H and O–H groups in total. The fourth-order valence-electron chi connectivity index (χ4n) is 2.97. The largest absolute Gasteiger partial charge is 0.454 e. The number of carbonyl (C=O) groups excluding carboxylic acids is 1. The highest BCUT2D eigenvalue weighted by molar-refractivity contribution is 9.10. The Balaban J connectivity index is 1.62. The minimum absolute atomic E-state index is 0.0242. The lowest BCUT2D eigenvalue weighted by Gasteiger charge is -2.22. The number of ether oxygens (including phenoxy) is 1. The van der Waals surface area contributed by atoms with Crippen molar-refractivity contribution in [3.8, 4) is 11.4 Å². The van der Waals surface area contributed by atoms with E-state index in [2.05, 4.69) is 26.1 Å². The monoisotopic (exact) mass is 457 g/mol. The Labute approximate surface area is 166 Å². The van der Waals surface area contributed by atoms with Gasteiger partial charge in [-0.25, -0.2) is 8.42 Å². The summed E-state index contributed by atoms with van der Waals surface area (Å²) in [6.45, 7) is 1.94. The molecule has 0 bridgehead atoms. The van der Waals surface area contributed by atoms with Gasteiger partial charge >= 0.3 is 5.97 Å². The van der Waals surface area contributed by atoms with E-state index in [4.69, 9.17) is 9.26 Å². The molecular formula is C17H20BrN3O5S. The number of halogens is 1. The highest BCUT2D eigenvalue weighted by atomic mass is 79.9. The van der Waals surface area contributed by atoms with Gasteiger partial charge in [0.25, 0.3) is 5.89 Å². The number of benzene rings is 1. The maximum Gasteiger partial charge on any atom is 0.324 e. The van der Waals surface area contributed by atoms with E-state index >= 15 is 0 Å². The van der Waals surface area contributed by atoms with E-state index in [1.54, 1.807) is 6.92 Å². The molecule has 2 aromatic rings. The van der Waals surface area contributed by atoms with Gasteiger partial charge in [-0.05, 0) is 31.4 Å². The second-order valence-electron chi connectivity index (χ2n) is 6.21. The third kappa shape index (κ3) is 4.74. The minimum Gasteiger partial charge on any atom is -0.454 e. The second kappa shape index (κ2) is 8.49. The topological polar surface area (TPSA) is 103 Å². The van der Waals surface area contributed by atoms with Gasteiger partial charge in [-0.2, -0.15) is 9.29 Å². The number of carbonyl (C=O) groups is 1. The van der Waals surface area contributed by atoms with Crippen molar-refractivity contribution in [2.75, 3.05) is 12.3 Å². The Morgan fingerprint density at radius 3 is 3.00 bits per heavy atom. The van der Waals surface area contributed by atoms with Crippen LogP contribution in [-0.4, -0.2) is 47.2 Å². The second-order valence-corrected chi connectivity index (χ2v) is 9.17. The number of hydrogen-bond donors (Lipinski definition) is 0. The number of hydrogen-bond acceptors (Lipinski definition) is 7. The van der Waals surface area contributed by atoms with E-state index in [0.29, 0.717) is 31.6 Å². The quantitative estimate of drug-likeness (QED) is 0.588. The predicted octanol–water partition coefficient (Wildman–Crippen LogP) is 2.75. The average Bonchev–Trinajstić information content (AvgIpc) is 3.29. The van der Waals surface area contributed by atoms with Crippen LogP contribution in [0.2, 0.25) is 0 Å². The summed E-state index contributed by atoms with van der Waals surface area (Å²) < 4.78 is 37.1. The van der Waals surface area contributed by atoms with Crippen LogP contribution < -0.4 is 0 Å². The standard InChI is InChI=1S/C17H20BrN3O5S/c1-2-9-27(23,24)21-8-4-7-14(21)17(22)25-11-15-19-16(20-26-15)12-5-3-6-13(18)10-12/h3,5-6,10,14H,2,4,7-9,11H2,1H3.